The predicted molar refractivity (Wildman–Crippen MR) is 140 cm³/mol. The van der Waals surface area contributed by atoms with Crippen molar-refractivity contribution in [1.29, 1.82) is 0 Å². The first-order chi connectivity index (χ1) is 18.9. The van der Waals surface area contributed by atoms with Gasteiger partial charge in [0.05, 0.1) is 23.5 Å². The van der Waals surface area contributed by atoms with Crippen molar-refractivity contribution >= 4 is 38.7 Å². The Hall–Kier alpha value is -3.71. The third-order valence-electron chi connectivity index (χ3n) is 7.10. The number of carbonyl (C=O) groups excluding carboxylic acids is 2. The fourth-order valence-corrected chi connectivity index (χ4v) is 6.78. The van der Waals surface area contributed by atoms with Crippen LogP contribution in [0.25, 0.3) is 10.4 Å². The summed E-state index contributed by atoms with van der Waals surface area (Å²) in [5.74, 6) is -2.96. The zero-order valence-corrected chi connectivity index (χ0v) is 22.4. The van der Waals surface area contributed by atoms with Gasteiger partial charge in [0.1, 0.15) is 11.6 Å². The van der Waals surface area contributed by atoms with Gasteiger partial charge in [-0.05, 0) is 54.0 Å². The zero-order chi connectivity index (χ0) is 28.8. The smallest absolute Gasteiger partial charge is 0.496 e. The van der Waals surface area contributed by atoms with E-state index in [9.17, 15) is 35.6 Å². The minimum Gasteiger partial charge on any atom is -0.496 e. The molecule has 1 heterocycles. The van der Waals surface area contributed by atoms with E-state index in [2.05, 4.69) is 10.6 Å². The zero-order valence-electron chi connectivity index (χ0n) is 20.7. The molecule has 7 nitrogen and oxygen atoms in total. The number of rotatable bonds is 7. The largest absolute Gasteiger partial charge is 0.501 e. The molecule has 1 fully saturated rings. The number of fused-ring (bicyclic) bond motifs is 2. The van der Waals surface area contributed by atoms with Gasteiger partial charge >= 0.3 is 5.51 Å². The molecule has 4 atom stereocenters. The number of nitrogens with one attached hydrogen (secondary N) is 2. The molecule has 40 heavy (non-hydrogen) atoms. The van der Waals surface area contributed by atoms with Crippen LogP contribution < -0.4 is 15.4 Å². The number of allylic oxidation sites excluding steroid dienone is 1. The molecule has 2 aliphatic carbocycles. The molecule has 2 N–H and O–H groups in total. The summed E-state index contributed by atoms with van der Waals surface area (Å²) >= 11 is 1.30. The third kappa shape index (κ3) is 4.99. The number of halogens is 4. The lowest BCUT2D eigenvalue weighted by atomic mass is 9.87. The minimum atomic E-state index is -5.61. The summed E-state index contributed by atoms with van der Waals surface area (Å²) in [4.78, 5) is 26.4. The Morgan fingerprint density at radius 3 is 2.48 bits per heavy atom. The van der Waals surface area contributed by atoms with Gasteiger partial charge in [-0.1, -0.05) is 24.3 Å². The second-order valence-corrected chi connectivity index (χ2v) is 12.3. The number of amides is 2. The van der Waals surface area contributed by atoms with Crippen molar-refractivity contribution in [2.75, 3.05) is 12.4 Å². The van der Waals surface area contributed by atoms with Crippen LogP contribution in [0.15, 0.2) is 71.0 Å². The van der Waals surface area contributed by atoms with Crippen molar-refractivity contribution in [3.63, 3.8) is 0 Å². The molecule has 1 saturated carbocycles. The highest BCUT2D eigenvalue weighted by Gasteiger charge is 2.49. The van der Waals surface area contributed by atoms with E-state index in [0.717, 1.165) is 24.3 Å². The van der Waals surface area contributed by atoms with Crippen LogP contribution in [0.3, 0.4) is 0 Å². The molecule has 5 rings (SSSR count). The Kier molecular flexibility index (Phi) is 7.21. The van der Waals surface area contributed by atoms with Crippen LogP contribution in [0, 0.1) is 23.6 Å². The molecule has 1 aromatic heterocycles. The van der Waals surface area contributed by atoms with Crippen molar-refractivity contribution < 1.29 is 40.3 Å². The van der Waals surface area contributed by atoms with Gasteiger partial charge in [0.2, 0.25) is 5.91 Å². The second-order valence-electron chi connectivity index (χ2n) is 9.45. The SMILES string of the molecule is COc1cc(F)c(-c2cccs2)cc1C(=O)N[C@H]1[C@@H](C(=O)Nc2cccc(S(=O)(=O)C(F)(F)F)c2)[C@@H]2C=C[C@H]1C2. The summed E-state index contributed by atoms with van der Waals surface area (Å²) in [6, 6.07) is 9.21. The summed E-state index contributed by atoms with van der Waals surface area (Å²) in [6.45, 7) is 0. The Morgan fingerprint density at radius 1 is 1.05 bits per heavy atom. The number of anilines is 1. The molecule has 2 amide bonds. The molecule has 13 heteroatoms. The van der Waals surface area contributed by atoms with Crippen LogP contribution in [-0.4, -0.2) is 38.9 Å². The first kappa shape index (κ1) is 27.8. The van der Waals surface area contributed by atoms with Crippen molar-refractivity contribution in [1.82, 2.24) is 5.32 Å². The number of hydrogen-bond acceptors (Lipinski definition) is 6. The van der Waals surface area contributed by atoms with E-state index in [1.54, 1.807) is 17.5 Å². The number of sulfone groups is 1. The highest BCUT2D eigenvalue weighted by atomic mass is 32.2. The van der Waals surface area contributed by atoms with Crippen molar-refractivity contribution in [2.45, 2.75) is 22.9 Å². The number of benzene rings is 2. The molecule has 3 aromatic rings. The molecule has 2 aromatic carbocycles. The van der Waals surface area contributed by atoms with Crippen molar-refractivity contribution in [2.24, 2.45) is 17.8 Å². The molecule has 0 aliphatic heterocycles. The van der Waals surface area contributed by atoms with E-state index in [-0.39, 0.29) is 34.4 Å². The highest BCUT2D eigenvalue weighted by Crippen LogP contribution is 2.45. The molecule has 210 valence electrons. The molecular formula is C27H22F4N2O5S2. The van der Waals surface area contributed by atoms with Gasteiger partial charge in [-0.3, -0.25) is 9.59 Å². The van der Waals surface area contributed by atoms with Gasteiger partial charge in [-0.2, -0.15) is 13.2 Å². The quantitative estimate of drug-likeness (QED) is 0.281. The first-order valence-corrected chi connectivity index (χ1v) is 14.4. The van der Waals surface area contributed by atoms with Gasteiger partial charge in [0.15, 0.2) is 0 Å². The summed E-state index contributed by atoms with van der Waals surface area (Å²) in [5, 5.41) is 7.15. The first-order valence-electron chi connectivity index (χ1n) is 12.0. The number of alkyl halides is 3. The molecular weight excluding hydrogens is 572 g/mol. The van der Waals surface area contributed by atoms with Crippen LogP contribution in [0.2, 0.25) is 0 Å². The number of hydrogen-bond donors (Lipinski definition) is 2. The fourth-order valence-electron chi connectivity index (χ4n) is 5.23. The highest BCUT2D eigenvalue weighted by molar-refractivity contribution is 7.92. The summed E-state index contributed by atoms with van der Waals surface area (Å²) < 4.78 is 82.6. The minimum absolute atomic E-state index is 0.0118. The van der Waals surface area contributed by atoms with E-state index >= 15 is 0 Å². The topological polar surface area (TPSA) is 102 Å². The predicted octanol–water partition coefficient (Wildman–Crippen LogP) is 5.42. The number of thiophene rings is 1. The normalized spacial score (nSPS) is 21.8. The van der Waals surface area contributed by atoms with Gasteiger partial charge < -0.3 is 15.4 Å². The summed E-state index contributed by atoms with van der Waals surface area (Å²) in [5.41, 5.74) is -5.33. The Bertz CT molecular complexity index is 1600. The van der Waals surface area contributed by atoms with Crippen LogP contribution >= 0.6 is 11.3 Å². The standard InChI is InChI=1S/C27H22F4N2O5S2/c1-38-21-13-20(28)18(22-6-3-9-39-22)12-19(21)25(34)33-24-15-8-7-14(10-15)23(24)26(35)32-16-4-2-5-17(11-16)40(36,37)27(29,30)31/h2-9,11-15,23-24H,10H2,1H3,(H,32,35)(H,33,34)/t14-,15+,23+,24-/m1/s1. The monoisotopic (exact) mass is 594 g/mol. The molecule has 0 unspecified atom stereocenters. The van der Waals surface area contributed by atoms with E-state index in [1.165, 1.54) is 30.6 Å². The maximum absolute atomic E-state index is 14.7. The maximum Gasteiger partial charge on any atom is 0.501 e. The Balaban J connectivity index is 1.39. The van der Waals surface area contributed by atoms with Gasteiger partial charge in [-0.15, -0.1) is 11.3 Å². The number of ether oxygens (including phenoxy) is 1. The van der Waals surface area contributed by atoms with E-state index in [1.807, 2.05) is 12.2 Å². The van der Waals surface area contributed by atoms with Gasteiger partial charge in [0.25, 0.3) is 15.7 Å². The maximum atomic E-state index is 14.7. The second kappa shape index (κ2) is 10.4. The summed E-state index contributed by atoms with van der Waals surface area (Å²) in [6.07, 6.45) is 4.29. The molecule has 0 spiro atoms. The third-order valence-corrected chi connectivity index (χ3v) is 9.48. The van der Waals surface area contributed by atoms with E-state index < -0.39 is 49.8 Å². The lowest BCUT2D eigenvalue weighted by Gasteiger charge is -2.28. The number of carbonyl (C=O) groups is 2. The van der Waals surface area contributed by atoms with Crippen LogP contribution in [0.1, 0.15) is 16.8 Å². The lowest BCUT2D eigenvalue weighted by Crippen LogP contribution is -2.47. The van der Waals surface area contributed by atoms with Crippen molar-refractivity contribution in [3.8, 4) is 16.2 Å². The average molecular weight is 595 g/mol. The summed E-state index contributed by atoms with van der Waals surface area (Å²) in [7, 11) is -4.30. The average Bonchev–Trinajstić information content (AvgIpc) is 3.66. The van der Waals surface area contributed by atoms with Crippen LogP contribution in [0.5, 0.6) is 5.75 Å². The Morgan fingerprint density at radius 2 is 1.80 bits per heavy atom. The van der Waals surface area contributed by atoms with Gasteiger partial charge in [0, 0.05) is 28.2 Å². The molecule has 2 aliphatic rings. The van der Waals surface area contributed by atoms with Crippen molar-refractivity contribution in [3.05, 3.63) is 77.4 Å². The Labute approximate surface area is 230 Å². The van der Waals surface area contributed by atoms with E-state index in [0.29, 0.717) is 11.3 Å². The lowest BCUT2D eigenvalue weighted by molar-refractivity contribution is -0.121. The number of methoxy groups -OCH3 is 1. The fraction of sp³-hybridized carbons (Fsp3) is 0.259. The molecule has 0 radical (unpaired) electrons. The van der Waals surface area contributed by atoms with E-state index in [4.69, 9.17) is 4.74 Å². The van der Waals surface area contributed by atoms with Crippen LogP contribution in [0.4, 0.5) is 23.2 Å². The van der Waals surface area contributed by atoms with Crippen LogP contribution in [-0.2, 0) is 14.6 Å². The molecule has 2 bridgehead atoms. The van der Waals surface area contributed by atoms with Gasteiger partial charge in [-0.25, -0.2) is 12.8 Å². The molecule has 0 saturated heterocycles.